The summed E-state index contributed by atoms with van der Waals surface area (Å²) in [5.41, 5.74) is 0.942. The Bertz CT molecular complexity index is 1120. The van der Waals surface area contributed by atoms with Crippen LogP contribution in [0.3, 0.4) is 0 Å². The van der Waals surface area contributed by atoms with Crippen molar-refractivity contribution < 1.29 is 22.8 Å². The van der Waals surface area contributed by atoms with Crippen LogP contribution in [0.5, 0.6) is 0 Å². The minimum atomic E-state index is -4.67. The Morgan fingerprint density at radius 1 is 1.18 bits per heavy atom. The number of likely N-dealkylation sites (tertiary alicyclic amines) is 1. The van der Waals surface area contributed by atoms with Gasteiger partial charge in [0.05, 0.1) is 16.5 Å². The topological polar surface area (TPSA) is 61.4 Å². The summed E-state index contributed by atoms with van der Waals surface area (Å²) in [5, 5.41) is 5.69. The lowest BCUT2D eigenvalue weighted by molar-refractivity contribution is -0.140. The van der Waals surface area contributed by atoms with Crippen LogP contribution in [0.4, 0.5) is 18.9 Å². The molecule has 2 aromatic rings. The van der Waals surface area contributed by atoms with Crippen LogP contribution in [-0.4, -0.2) is 42.4 Å². The normalized spacial score (nSPS) is 25.1. The lowest BCUT2D eigenvalue weighted by atomic mass is 9.75. The number of carbonyl (C=O) groups is 2. The Morgan fingerprint density at radius 3 is 2.62 bits per heavy atom. The number of piperidine rings is 2. The molecule has 2 aromatic carbocycles. The number of nitrogens with one attached hydrogen (secondary N) is 2. The lowest BCUT2D eigenvalue weighted by Gasteiger charge is -2.47. The first-order valence-electron chi connectivity index (χ1n) is 11.2. The molecule has 2 aliphatic heterocycles. The van der Waals surface area contributed by atoms with Gasteiger partial charge < -0.3 is 15.5 Å². The van der Waals surface area contributed by atoms with Gasteiger partial charge in [-0.15, -0.1) is 0 Å². The number of amides is 2. The quantitative estimate of drug-likeness (QED) is 0.615. The van der Waals surface area contributed by atoms with Gasteiger partial charge in [-0.1, -0.05) is 17.7 Å². The van der Waals surface area contributed by atoms with Gasteiger partial charge in [-0.3, -0.25) is 9.59 Å². The number of hydrogen-bond donors (Lipinski definition) is 2. The third-order valence-electron chi connectivity index (χ3n) is 7.00. The van der Waals surface area contributed by atoms with E-state index in [1.165, 1.54) is 6.07 Å². The minimum absolute atomic E-state index is 0.0504. The highest BCUT2D eigenvalue weighted by Gasteiger charge is 2.43. The minimum Gasteiger partial charge on any atom is -0.342 e. The lowest BCUT2D eigenvalue weighted by Crippen LogP contribution is -2.57. The molecule has 2 fully saturated rings. The Hall–Kier alpha value is -2.58. The smallest absolute Gasteiger partial charge is 0.342 e. The number of benzene rings is 2. The van der Waals surface area contributed by atoms with E-state index in [2.05, 4.69) is 17.6 Å². The van der Waals surface area contributed by atoms with E-state index in [4.69, 9.17) is 11.6 Å². The summed E-state index contributed by atoms with van der Waals surface area (Å²) in [6.07, 6.45) is -3.05. The average Bonchev–Trinajstić information content (AvgIpc) is 2.77. The molecule has 0 radical (unpaired) electrons. The number of aryl methyl sites for hydroxylation is 1. The van der Waals surface area contributed by atoms with E-state index in [1.807, 2.05) is 24.9 Å². The fourth-order valence-corrected chi connectivity index (χ4v) is 5.32. The molecule has 0 saturated carbocycles. The number of hydrogen-bond acceptors (Lipinski definition) is 3. The molecule has 34 heavy (non-hydrogen) atoms. The third-order valence-corrected chi connectivity index (χ3v) is 7.33. The van der Waals surface area contributed by atoms with Gasteiger partial charge in [0.1, 0.15) is 0 Å². The van der Waals surface area contributed by atoms with E-state index in [0.717, 1.165) is 36.2 Å². The van der Waals surface area contributed by atoms with Crippen molar-refractivity contribution in [2.24, 2.45) is 5.92 Å². The van der Waals surface area contributed by atoms with E-state index < -0.39 is 22.7 Å². The number of carbonyl (C=O) groups excluding carboxylic acids is 2. The van der Waals surface area contributed by atoms with Crippen molar-refractivity contribution >= 4 is 29.1 Å². The van der Waals surface area contributed by atoms with Crippen molar-refractivity contribution in [1.82, 2.24) is 10.2 Å². The molecule has 2 aliphatic rings. The van der Waals surface area contributed by atoms with Crippen LogP contribution in [0.25, 0.3) is 0 Å². The van der Waals surface area contributed by atoms with Crippen LogP contribution in [-0.2, 0) is 11.0 Å². The fraction of sp³-hybridized carbons (Fsp3) is 0.440. The Labute approximate surface area is 201 Å². The first-order valence-corrected chi connectivity index (χ1v) is 11.6. The molecule has 0 spiro atoms. The molecule has 4 unspecified atom stereocenters. The molecular weight excluding hydrogens is 467 g/mol. The highest BCUT2D eigenvalue weighted by Crippen LogP contribution is 2.39. The Morgan fingerprint density at radius 2 is 1.91 bits per heavy atom. The van der Waals surface area contributed by atoms with Gasteiger partial charge >= 0.3 is 6.18 Å². The second-order valence-electron chi connectivity index (χ2n) is 9.33. The van der Waals surface area contributed by atoms with Crippen molar-refractivity contribution in [3.05, 3.63) is 63.7 Å². The molecule has 2 heterocycles. The Kier molecular flexibility index (Phi) is 6.66. The van der Waals surface area contributed by atoms with E-state index in [-0.39, 0.29) is 23.4 Å². The molecule has 4 atom stereocenters. The molecule has 5 nitrogen and oxygen atoms in total. The molecule has 2 amide bonds. The largest absolute Gasteiger partial charge is 0.417 e. The van der Waals surface area contributed by atoms with Gasteiger partial charge in [-0.2, -0.15) is 13.2 Å². The number of likely N-dealkylation sites (N-methyl/N-ethyl adjacent to an activating group) is 1. The zero-order valence-corrected chi connectivity index (χ0v) is 19.9. The molecule has 0 aliphatic carbocycles. The summed E-state index contributed by atoms with van der Waals surface area (Å²) >= 11 is 5.66. The second kappa shape index (κ2) is 9.23. The molecule has 182 valence electrons. The number of fused-ring (bicyclic) bond motifs is 1. The molecule has 2 saturated heterocycles. The van der Waals surface area contributed by atoms with E-state index in [9.17, 15) is 22.8 Å². The van der Waals surface area contributed by atoms with Gasteiger partial charge in [0, 0.05) is 36.9 Å². The van der Waals surface area contributed by atoms with Crippen molar-refractivity contribution in [1.29, 1.82) is 0 Å². The van der Waals surface area contributed by atoms with Gasteiger partial charge in [0.15, 0.2) is 0 Å². The summed E-state index contributed by atoms with van der Waals surface area (Å²) in [4.78, 5) is 27.8. The van der Waals surface area contributed by atoms with Crippen LogP contribution < -0.4 is 10.6 Å². The zero-order chi connectivity index (χ0) is 24.8. The first kappa shape index (κ1) is 24.5. The molecule has 4 rings (SSSR count). The highest BCUT2D eigenvalue weighted by molar-refractivity contribution is 6.31. The number of nitrogens with zero attached hydrogens (tertiary/aromatic N) is 1. The standard InChI is InChI=1S/C25H27ClF3N3O2/c1-13-4-6-17(31-23(33)15-5-7-21(26)20(10-15)25(27,28)29)11-18(13)19-9-16-12-30-14(2)8-22(16)32(3)24(19)34/h4-7,10-11,14,16,19,22,30H,8-9,12H2,1-3H3,(H,31,33). The Balaban J connectivity index is 1.57. The monoisotopic (exact) mass is 493 g/mol. The predicted molar refractivity (Wildman–Crippen MR) is 125 cm³/mol. The number of alkyl halides is 3. The van der Waals surface area contributed by atoms with Gasteiger partial charge in [-0.05, 0) is 74.1 Å². The summed E-state index contributed by atoms with van der Waals surface area (Å²) in [5.74, 6) is -0.647. The molecule has 0 aromatic heterocycles. The predicted octanol–water partition coefficient (Wildman–Crippen LogP) is 5.23. The van der Waals surface area contributed by atoms with Crippen molar-refractivity contribution in [2.45, 2.75) is 50.9 Å². The van der Waals surface area contributed by atoms with Gasteiger partial charge in [0.2, 0.25) is 5.91 Å². The van der Waals surface area contributed by atoms with Gasteiger partial charge in [0.25, 0.3) is 5.91 Å². The second-order valence-corrected chi connectivity index (χ2v) is 9.73. The summed E-state index contributed by atoms with van der Waals surface area (Å²) in [7, 11) is 1.85. The van der Waals surface area contributed by atoms with Crippen LogP contribution in [0.15, 0.2) is 36.4 Å². The van der Waals surface area contributed by atoms with Crippen LogP contribution >= 0.6 is 11.6 Å². The van der Waals surface area contributed by atoms with Crippen LogP contribution in [0, 0.1) is 12.8 Å². The van der Waals surface area contributed by atoms with Crippen molar-refractivity contribution in [2.75, 3.05) is 18.9 Å². The maximum absolute atomic E-state index is 13.3. The van der Waals surface area contributed by atoms with Crippen molar-refractivity contribution in [3.8, 4) is 0 Å². The molecule has 2 N–H and O–H groups in total. The maximum atomic E-state index is 13.3. The summed E-state index contributed by atoms with van der Waals surface area (Å²) in [6.45, 7) is 4.87. The van der Waals surface area contributed by atoms with Crippen LogP contribution in [0.2, 0.25) is 5.02 Å². The first-order chi connectivity index (χ1) is 16.0. The molecule has 0 bridgehead atoms. The van der Waals surface area contributed by atoms with Crippen LogP contribution in [0.1, 0.15) is 52.7 Å². The highest BCUT2D eigenvalue weighted by atomic mass is 35.5. The SMILES string of the molecule is Cc1ccc(NC(=O)c2ccc(Cl)c(C(F)(F)F)c2)cc1C1CC2CNC(C)CC2N(C)C1=O. The average molecular weight is 494 g/mol. The van der Waals surface area contributed by atoms with E-state index in [0.29, 0.717) is 24.1 Å². The summed E-state index contributed by atoms with van der Waals surface area (Å²) in [6, 6.07) is 8.86. The molecule has 9 heteroatoms. The third kappa shape index (κ3) is 4.79. The van der Waals surface area contributed by atoms with E-state index >= 15 is 0 Å². The summed E-state index contributed by atoms with van der Waals surface area (Å²) < 4.78 is 39.5. The van der Waals surface area contributed by atoms with Crippen molar-refractivity contribution in [3.63, 3.8) is 0 Å². The maximum Gasteiger partial charge on any atom is 0.417 e. The number of rotatable bonds is 3. The van der Waals surface area contributed by atoms with E-state index in [1.54, 1.807) is 12.1 Å². The number of halogens is 4. The number of anilines is 1. The van der Waals surface area contributed by atoms with Gasteiger partial charge in [-0.25, -0.2) is 0 Å². The fourth-order valence-electron chi connectivity index (χ4n) is 5.09. The molecular formula is C25H27ClF3N3O2. The zero-order valence-electron chi connectivity index (χ0n) is 19.2.